The Morgan fingerprint density at radius 3 is 2.19 bits per heavy atom. The highest BCUT2D eigenvalue weighted by atomic mass is 16.5. The molecule has 0 aliphatic carbocycles. The first-order chi connectivity index (χ1) is 7.85. The molecule has 0 aliphatic rings. The molecule has 0 N–H and O–H groups in total. The van der Waals surface area contributed by atoms with Crippen LogP contribution in [0.15, 0.2) is 36.4 Å². The van der Waals surface area contributed by atoms with Gasteiger partial charge in [0, 0.05) is 0 Å². The van der Waals surface area contributed by atoms with Crippen LogP contribution in [0.1, 0.15) is 13.3 Å². The summed E-state index contributed by atoms with van der Waals surface area (Å²) in [5, 5.41) is 2.35. The van der Waals surface area contributed by atoms with Gasteiger partial charge in [-0.25, -0.2) is 0 Å². The van der Waals surface area contributed by atoms with E-state index in [1.54, 1.807) is 7.11 Å². The Kier molecular flexibility index (Phi) is 3.30. The molecule has 0 amide bonds. The molecule has 0 bridgehead atoms. The third-order valence-electron chi connectivity index (χ3n) is 2.49. The van der Waals surface area contributed by atoms with E-state index >= 15 is 0 Å². The number of ether oxygens (including phenoxy) is 2. The monoisotopic (exact) mass is 216 g/mol. The summed E-state index contributed by atoms with van der Waals surface area (Å²) in [6, 6.07) is 12.2. The van der Waals surface area contributed by atoms with Gasteiger partial charge in [-0.3, -0.25) is 0 Å². The van der Waals surface area contributed by atoms with E-state index in [1.807, 2.05) is 24.3 Å². The van der Waals surface area contributed by atoms with Gasteiger partial charge in [0.15, 0.2) is 11.5 Å². The lowest BCUT2D eigenvalue weighted by molar-refractivity contribution is 0.295. The summed E-state index contributed by atoms with van der Waals surface area (Å²) in [5.41, 5.74) is 0. The second-order valence-corrected chi connectivity index (χ2v) is 3.70. The van der Waals surface area contributed by atoms with Gasteiger partial charge in [0.1, 0.15) is 0 Å². The van der Waals surface area contributed by atoms with Crippen molar-refractivity contribution in [3.05, 3.63) is 36.4 Å². The SMILES string of the molecule is CCCOc1cc2ccccc2cc1OC. The van der Waals surface area contributed by atoms with Crippen molar-refractivity contribution in [2.24, 2.45) is 0 Å². The van der Waals surface area contributed by atoms with Gasteiger partial charge in [-0.2, -0.15) is 0 Å². The van der Waals surface area contributed by atoms with E-state index in [0.717, 1.165) is 17.9 Å². The molecular formula is C14H16O2. The lowest BCUT2D eigenvalue weighted by Gasteiger charge is -2.11. The van der Waals surface area contributed by atoms with Gasteiger partial charge < -0.3 is 9.47 Å². The van der Waals surface area contributed by atoms with Crippen LogP contribution in [0.5, 0.6) is 11.5 Å². The van der Waals surface area contributed by atoms with Gasteiger partial charge in [0.2, 0.25) is 0 Å². The van der Waals surface area contributed by atoms with Gasteiger partial charge in [0.05, 0.1) is 13.7 Å². The van der Waals surface area contributed by atoms with E-state index in [0.29, 0.717) is 6.61 Å². The van der Waals surface area contributed by atoms with E-state index in [9.17, 15) is 0 Å². The molecule has 2 aromatic rings. The van der Waals surface area contributed by atoms with Crippen LogP contribution in [0, 0.1) is 0 Å². The Labute approximate surface area is 95.8 Å². The molecule has 0 unspecified atom stereocenters. The van der Waals surface area contributed by atoms with Crippen molar-refractivity contribution in [2.45, 2.75) is 13.3 Å². The summed E-state index contributed by atoms with van der Waals surface area (Å²) in [5.74, 6) is 1.62. The maximum Gasteiger partial charge on any atom is 0.161 e. The summed E-state index contributed by atoms with van der Waals surface area (Å²) in [4.78, 5) is 0. The lowest BCUT2D eigenvalue weighted by Crippen LogP contribution is -1.97. The van der Waals surface area contributed by atoms with Crippen LogP contribution in [0.25, 0.3) is 10.8 Å². The molecule has 0 fully saturated rings. The molecule has 0 spiro atoms. The van der Waals surface area contributed by atoms with Crippen LogP contribution >= 0.6 is 0 Å². The van der Waals surface area contributed by atoms with Crippen molar-refractivity contribution < 1.29 is 9.47 Å². The maximum absolute atomic E-state index is 5.66. The van der Waals surface area contributed by atoms with Crippen molar-refractivity contribution in [1.82, 2.24) is 0 Å². The number of hydrogen-bond acceptors (Lipinski definition) is 2. The first-order valence-electron chi connectivity index (χ1n) is 5.54. The van der Waals surface area contributed by atoms with Gasteiger partial charge in [0.25, 0.3) is 0 Å². The van der Waals surface area contributed by atoms with Crippen molar-refractivity contribution >= 4 is 10.8 Å². The minimum Gasteiger partial charge on any atom is -0.493 e. The fourth-order valence-electron chi connectivity index (χ4n) is 1.68. The highest BCUT2D eigenvalue weighted by Crippen LogP contribution is 2.32. The minimum atomic E-state index is 0.717. The molecule has 2 heteroatoms. The molecule has 2 nitrogen and oxygen atoms in total. The van der Waals surface area contributed by atoms with Crippen molar-refractivity contribution in [3.63, 3.8) is 0 Å². The van der Waals surface area contributed by atoms with Gasteiger partial charge in [-0.05, 0) is 29.3 Å². The highest BCUT2D eigenvalue weighted by Gasteiger charge is 2.05. The molecule has 0 saturated carbocycles. The number of fused-ring (bicyclic) bond motifs is 1. The van der Waals surface area contributed by atoms with E-state index in [2.05, 4.69) is 19.1 Å². The number of hydrogen-bond donors (Lipinski definition) is 0. The van der Waals surface area contributed by atoms with E-state index in [4.69, 9.17) is 9.47 Å². The van der Waals surface area contributed by atoms with Crippen LogP contribution in [-0.4, -0.2) is 13.7 Å². The van der Waals surface area contributed by atoms with Crippen LogP contribution in [-0.2, 0) is 0 Å². The lowest BCUT2D eigenvalue weighted by atomic mass is 10.1. The van der Waals surface area contributed by atoms with Gasteiger partial charge >= 0.3 is 0 Å². The Balaban J connectivity index is 2.45. The summed E-state index contributed by atoms with van der Waals surface area (Å²) in [6.07, 6.45) is 0.996. The predicted molar refractivity (Wildman–Crippen MR) is 66.3 cm³/mol. The fraction of sp³-hybridized carbons (Fsp3) is 0.286. The summed E-state index contributed by atoms with van der Waals surface area (Å²) in [7, 11) is 1.67. The molecule has 0 heterocycles. The summed E-state index contributed by atoms with van der Waals surface area (Å²) >= 11 is 0. The maximum atomic E-state index is 5.66. The molecule has 0 aromatic heterocycles. The quantitative estimate of drug-likeness (QED) is 0.776. The molecule has 2 rings (SSSR count). The van der Waals surface area contributed by atoms with Gasteiger partial charge in [-0.15, -0.1) is 0 Å². The second kappa shape index (κ2) is 4.88. The molecule has 84 valence electrons. The van der Waals surface area contributed by atoms with Crippen molar-refractivity contribution in [2.75, 3.05) is 13.7 Å². The third-order valence-corrected chi connectivity index (χ3v) is 2.49. The fourth-order valence-corrected chi connectivity index (χ4v) is 1.68. The van der Waals surface area contributed by atoms with Crippen molar-refractivity contribution in [1.29, 1.82) is 0 Å². The second-order valence-electron chi connectivity index (χ2n) is 3.70. The normalized spacial score (nSPS) is 10.4. The van der Waals surface area contributed by atoms with Crippen LogP contribution in [0.3, 0.4) is 0 Å². The largest absolute Gasteiger partial charge is 0.493 e. The number of benzene rings is 2. The zero-order valence-corrected chi connectivity index (χ0v) is 9.69. The first kappa shape index (κ1) is 10.8. The zero-order valence-electron chi connectivity index (χ0n) is 9.69. The van der Waals surface area contributed by atoms with E-state index < -0.39 is 0 Å². The van der Waals surface area contributed by atoms with Crippen LogP contribution in [0.4, 0.5) is 0 Å². The molecule has 0 aliphatic heterocycles. The summed E-state index contributed by atoms with van der Waals surface area (Å²) in [6.45, 7) is 2.81. The van der Waals surface area contributed by atoms with Gasteiger partial charge in [-0.1, -0.05) is 31.2 Å². The molecule has 0 saturated heterocycles. The average molecular weight is 216 g/mol. The summed E-state index contributed by atoms with van der Waals surface area (Å²) < 4.78 is 11.0. The van der Waals surface area contributed by atoms with Crippen LogP contribution < -0.4 is 9.47 Å². The third kappa shape index (κ3) is 2.11. The molecule has 2 aromatic carbocycles. The smallest absolute Gasteiger partial charge is 0.161 e. The Hall–Kier alpha value is -1.70. The molecule has 16 heavy (non-hydrogen) atoms. The minimum absolute atomic E-state index is 0.717. The van der Waals surface area contributed by atoms with E-state index in [1.165, 1.54) is 10.8 Å². The molecule has 0 radical (unpaired) electrons. The Morgan fingerprint density at radius 2 is 1.62 bits per heavy atom. The first-order valence-corrected chi connectivity index (χ1v) is 5.54. The predicted octanol–water partition coefficient (Wildman–Crippen LogP) is 3.64. The molecular weight excluding hydrogens is 200 g/mol. The van der Waals surface area contributed by atoms with E-state index in [-0.39, 0.29) is 0 Å². The standard InChI is InChI=1S/C14H16O2/c1-3-8-16-14-10-12-7-5-4-6-11(12)9-13(14)15-2/h4-7,9-10H,3,8H2,1-2H3. The Morgan fingerprint density at radius 1 is 1.00 bits per heavy atom. The van der Waals surface area contributed by atoms with Crippen LogP contribution in [0.2, 0.25) is 0 Å². The number of rotatable bonds is 4. The highest BCUT2D eigenvalue weighted by molar-refractivity contribution is 5.86. The zero-order chi connectivity index (χ0) is 11.4. The molecule has 0 atom stereocenters. The Bertz CT molecular complexity index is 477. The van der Waals surface area contributed by atoms with Crippen molar-refractivity contribution in [3.8, 4) is 11.5 Å². The number of methoxy groups -OCH3 is 1. The average Bonchev–Trinajstić information content (AvgIpc) is 2.35. The topological polar surface area (TPSA) is 18.5 Å².